The van der Waals surface area contributed by atoms with Crippen LogP contribution in [0.25, 0.3) is 0 Å². The highest BCUT2D eigenvalue weighted by molar-refractivity contribution is 5.11. The van der Waals surface area contributed by atoms with Gasteiger partial charge in [-0.05, 0) is 44.7 Å². The van der Waals surface area contributed by atoms with Crippen LogP contribution in [0.4, 0.5) is 0 Å². The fraction of sp³-hybridized carbons (Fsp3) is 0.846. The molecular formula is C13H23N3O. The van der Waals surface area contributed by atoms with Gasteiger partial charge in [-0.15, -0.1) is 0 Å². The van der Waals surface area contributed by atoms with Crippen LogP contribution in [0.3, 0.4) is 0 Å². The standard InChI is InChI=1S/C13H23N3O/c1-16-10-4-5-11(16)8-9(7-10)13(15-14)12-3-2-6-17-12/h3,9-11,13,15H,2,4-8,14H2,1H3. The van der Waals surface area contributed by atoms with Gasteiger partial charge in [0.1, 0.15) is 5.76 Å². The first-order valence-electron chi connectivity index (χ1n) is 6.80. The Kier molecular flexibility index (Phi) is 3.11. The van der Waals surface area contributed by atoms with Crippen LogP contribution >= 0.6 is 0 Å². The number of hydrazine groups is 1. The van der Waals surface area contributed by atoms with Gasteiger partial charge in [0.2, 0.25) is 0 Å². The summed E-state index contributed by atoms with van der Waals surface area (Å²) in [6.45, 7) is 0.826. The van der Waals surface area contributed by atoms with Crippen molar-refractivity contribution < 1.29 is 4.74 Å². The third-order valence-corrected chi connectivity index (χ3v) is 4.82. The molecule has 2 saturated heterocycles. The van der Waals surface area contributed by atoms with Gasteiger partial charge < -0.3 is 9.64 Å². The Balaban J connectivity index is 1.71. The highest BCUT2D eigenvalue weighted by Gasteiger charge is 2.42. The first kappa shape index (κ1) is 11.5. The van der Waals surface area contributed by atoms with E-state index >= 15 is 0 Å². The lowest BCUT2D eigenvalue weighted by Gasteiger charge is -2.39. The largest absolute Gasteiger partial charge is 0.496 e. The van der Waals surface area contributed by atoms with Crippen molar-refractivity contribution in [2.24, 2.45) is 11.8 Å². The number of ether oxygens (including phenoxy) is 1. The highest BCUT2D eigenvalue weighted by Crippen LogP contribution is 2.40. The minimum Gasteiger partial charge on any atom is -0.496 e. The molecular weight excluding hydrogens is 214 g/mol. The van der Waals surface area contributed by atoms with E-state index in [1.807, 2.05) is 0 Å². The molecule has 0 saturated carbocycles. The van der Waals surface area contributed by atoms with Gasteiger partial charge in [-0.25, -0.2) is 5.43 Å². The summed E-state index contributed by atoms with van der Waals surface area (Å²) in [7, 11) is 2.27. The average Bonchev–Trinajstić information content (AvgIpc) is 2.88. The molecule has 2 fully saturated rings. The van der Waals surface area contributed by atoms with E-state index in [0.717, 1.165) is 30.9 Å². The zero-order valence-electron chi connectivity index (χ0n) is 10.6. The predicted molar refractivity (Wildman–Crippen MR) is 67.1 cm³/mol. The van der Waals surface area contributed by atoms with Crippen molar-refractivity contribution in [3.05, 3.63) is 11.8 Å². The van der Waals surface area contributed by atoms with Gasteiger partial charge in [0, 0.05) is 18.5 Å². The van der Waals surface area contributed by atoms with Crippen LogP contribution < -0.4 is 11.3 Å². The maximum atomic E-state index is 5.74. The van der Waals surface area contributed by atoms with Crippen molar-refractivity contribution in [2.45, 2.75) is 50.2 Å². The Labute approximate surface area is 103 Å². The monoisotopic (exact) mass is 237 g/mol. The van der Waals surface area contributed by atoms with E-state index in [-0.39, 0.29) is 6.04 Å². The number of fused-ring (bicyclic) bond motifs is 2. The average molecular weight is 237 g/mol. The summed E-state index contributed by atoms with van der Waals surface area (Å²) in [6, 6.07) is 1.75. The molecule has 17 heavy (non-hydrogen) atoms. The number of nitrogens with zero attached hydrogens (tertiary/aromatic N) is 1. The number of piperidine rings is 1. The van der Waals surface area contributed by atoms with E-state index in [0.29, 0.717) is 5.92 Å². The number of hydrogen-bond acceptors (Lipinski definition) is 4. The summed E-state index contributed by atoms with van der Waals surface area (Å²) in [4.78, 5) is 2.56. The molecule has 0 aromatic rings. The Hall–Kier alpha value is -0.580. The van der Waals surface area contributed by atoms with Crippen molar-refractivity contribution >= 4 is 0 Å². The molecule has 0 aliphatic carbocycles. The van der Waals surface area contributed by atoms with E-state index in [2.05, 4.69) is 23.4 Å². The van der Waals surface area contributed by atoms with E-state index in [1.54, 1.807) is 0 Å². The zero-order chi connectivity index (χ0) is 11.8. The van der Waals surface area contributed by atoms with Crippen molar-refractivity contribution in [3.8, 4) is 0 Å². The third-order valence-electron chi connectivity index (χ3n) is 4.82. The quantitative estimate of drug-likeness (QED) is 0.568. The summed E-state index contributed by atoms with van der Waals surface area (Å²) in [5, 5.41) is 0. The second-order valence-electron chi connectivity index (χ2n) is 5.67. The predicted octanol–water partition coefficient (Wildman–Crippen LogP) is 0.995. The fourth-order valence-corrected chi connectivity index (χ4v) is 3.83. The normalized spacial score (nSPS) is 38.9. The van der Waals surface area contributed by atoms with E-state index in [9.17, 15) is 0 Å². The van der Waals surface area contributed by atoms with Crippen LogP contribution in [-0.2, 0) is 4.74 Å². The van der Waals surface area contributed by atoms with Crippen molar-refractivity contribution in [3.63, 3.8) is 0 Å². The molecule has 0 spiro atoms. The summed E-state index contributed by atoms with van der Waals surface area (Å²) in [5.41, 5.74) is 2.99. The molecule has 0 aromatic heterocycles. The Morgan fingerprint density at radius 3 is 2.65 bits per heavy atom. The molecule has 0 amide bonds. The van der Waals surface area contributed by atoms with Gasteiger partial charge >= 0.3 is 0 Å². The van der Waals surface area contributed by atoms with Gasteiger partial charge in [0.05, 0.1) is 12.6 Å². The molecule has 0 aromatic carbocycles. The maximum absolute atomic E-state index is 5.74. The first-order valence-corrected chi connectivity index (χ1v) is 6.80. The van der Waals surface area contributed by atoms with Gasteiger partial charge in [-0.1, -0.05) is 0 Å². The molecule has 0 radical (unpaired) electrons. The Bertz CT molecular complexity index is 304. The van der Waals surface area contributed by atoms with Crippen molar-refractivity contribution in [1.82, 2.24) is 10.3 Å². The molecule has 3 rings (SSSR count). The molecule has 96 valence electrons. The maximum Gasteiger partial charge on any atom is 0.111 e. The van der Waals surface area contributed by atoms with Crippen LogP contribution in [0.1, 0.15) is 32.1 Å². The minimum absolute atomic E-state index is 0.231. The van der Waals surface area contributed by atoms with Gasteiger partial charge in [0.25, 0.3) is 0 Å². The van der Waals surface area contributed by atoms with Crippen molar-refractivity contribution in [2.75, 3.05) is 13.7 Å². The molecule has 4 heteroatoms. The van der Waals surface area contributed by atoms with E-state index in [1.165, 1.54) is 25.7 Å². The molecule has 3 atom stereocenters. The second-order valence-corrected chi connectivity index (χ2v) is 5.67. The molecule has 3 N–H and O–H groups in total. The van der Waals surface area contributed by atoms with Gasteiger partial charge in [-0.3, -0.25) is 5.84 Å². The smallest absolute Gasteiger partial charge is 0.111 e. The third kappa shape index (κ3) is 1.98. The molecule has 3 unspecified atom stereocenters. The molecule has 4 nitrogen and oxygen atoms in total. The summed E-state index contributed by atoms with van der Waals surface area (Å²) >= 11 is 0. The number of rotatable bonds is 3. The summed E-state index contributed by atoms with van der Waals surface area (Å²) in [6.07, 6.45) is 8.45. The molecule has 2 bridgehead atoms. The van der Waals surface area contributed by atoms with E-state index in [4.69, 9.17) is 10.6 Å². The van der Waals surface area contributed by atoms with Crippen LogP contribution in [0, 0.1) is 5.92 Å². The molecule has 3 aliphatic rings. The highest BCUT2D eigenvalue weighted by atomic mass is 16.5. The Morgan fingerprint density at radius 1 is 1.41 bits per heavy atom. The fourth-order valence-electron chi connectivity index (χ4n) is 3.83. The Morgan fingerprint density at radius 2 is 2.12 bits per heavy atom. The van der Waals surface area contributed by atoms with Crippen LogP contribution in [0.5, 0.6) is 0 Å². The second kappa shape index (κ2) is 4.59. The van der Waals surface area contributed by atoms with Crippen LogP contribution in [-0.4, -0.2) is 36.7 Å². The SMILES string of the molecule is CN1C2CCC1CC(C(NN)C1=CCCO1)C2. The zero-order valence-corrected chi connectivity index (χ0v) is 10.6. The lowest BCUT2D eigenvalue weighted by atomic mass is 9.84. The van der Waals surface area contributed by atoms with Gasteiger partial charge in [0.15, 0.2) is 0 Å². The van der Waals surface area contributed by atoms with Crippen LogP contribution in [0.15, 0.2) is 11.8 Å². The van der Waals surface area contributed by atoms with E-state index < -0.39 is 0 Å². The topological polar surface area (TPSA) is 50.5 Å². The lowest BCUT2D eigenvalue weighted by Crippen LogP contribution is -2.49. The summed E-state index contributed by atoms with van der Waals surface area (Å²) in [5.74, 6) is 7.47. The molecule has 3 heterocycles. The van der Waals surface area contributed by atoms with Gasteiger partial charge in [-0.2, -0.15) is 0 Å². The first-order chi connectivity index (χ1) is 8.29. The van der Waals surface area contributed by atoms with Crippen molar-refractivity contribution in [1.29, 1.82) is 0 Å². The number of nitrogens with two attached hydrogens (primary N) is 1. The summed E-state index contributed by atoms with van der Waals surface area (Å²) < 4.78 is 5.68. The lowest BCUT2D eigenvalue weighted by molar-refractivity contribution is 0.100. The molecule has 3 aliphatic heterocycles. The number of hydrogen-bond donors (Lipinski definition) is 2. The number of nitrogens with one attached hydrogen (secondary N) is 1. The van der Waals surface area contributed by atoms with Crippen LogP contribution in [0.2, 0.25) is 0 Å². The minimum atomic E-state index is 0.231.